The largest absolute Gasteiger partial charge is 0.455 e. The van der Waals surface area contributed by atoms with Crippen LogP contribution in [0.1, 0.15) is 0 Å². The van der Waals surface area contributed by atoms with E-state index in [1.165, 1.54) is 25.7 Å². The molecule has 0 aliphatic carbocycles. The van der Waals surface area contributed by atoms with Crippen LogP contribution in [0.2, 0.25) is 0 Å². The number of hydrogen-bond donors (Lipinski definition) is 0. The number of fused-ring (bicyclic) bond motifs is 6. The standard InChI is InChI=1S/C51H31N3OS/c1-4-14-32(15-5-1)35-20-12-21-36(28-35)50-52-49(34-18-8-3-9-19-34)53-51(54-50)37-26-27-40-41-23-13-24-42(48(41)56-46(40)31-37)44-30-38(33-16-6-2-7-17-33)29-43-39-22-10-11-25-45(39)55-47(43)44/h1-31H. The first-order valence-corrected chi connectivity index (χ1v) is 19.5. The summed E-state index contributed by atoms with van der Waals surface area (Å²) in [6.45, 7) is 0. The molecule has 0 unspecified atom stereocenters. The first-order valence-electron chi connectivity index (χ1n) is 18.7. The summed E-state index contributed by atoms with van der Waals surface area (Å²) < 4.78 is 9.02. The van der Waals surface area contributed by atoms with Crippen molar-refractivity contribution < 1.29 is 4.42 Å². The van der Waals surface area contributed by atoms with Crippen LogP contribution in [0.5, 0.6) is 0 Å². The zero-order valence-corrected chi connectivity index (χ0v) is 30.9. The zero-order chi connectivity index (χ0) is 37.0. The molecule has 0 fully saturated rings. The third-order valence-electron chi connectivity index (χ3n) is 10.5. The summed E-state index contributed by atoms with van der Waals surface area (Å²) in [7, 11) is 0. The SMILES string of the molecule is c1ccc(-c2cccc(-c3nc(-c4ccccc4)nc(-c4ccc5c(c4)sc4c(-c6cc(-c7ccccc7)cc7c6oc6ccccc67)cccc45)n3)c2)cc1. The number of hydrogen-bond acceptors (Lipinski definition) is 5. The lowest BCUT2D eigenvalue weighted by molar-refractivity contribution is 0.670. The third kappa shape index (κ3) is 5.56. The number of para-hydroxylation sites is 1. The number of furan rings is 1. The minimum Gasteiger partial charge on any atom is -0.455 e. The van der Waals surface area contributed by atoms with Gasteiger partial charge in [-0.1, -0.05) is 158 Å². The van der Waals surface area contributed by atoms with E-state index in [0.29, 0.717) is 17.5 Å². The number of thiophene rings is 1. The normalized spacial score (nSPS) is 11.6. The fourth-order valence-corrected chi connectivity index (χ4v) is 9.06. The molecule has 3 heterocycles. The third-order valence-corrected chi connectivity index (χ3v) is 11.7. The molecule has 0 N–H and O–H groups in total. The minimum atomic E-state index is 0.637. The van der Waals surface area contributed by atoms with Crippen LogP contribution >= 0.6 is 11.3 Å². The van der Waals surface area contributed by atoms with E-state index in [-0.39, 0.29) is 0 Å². The molecule has 3 aromatic heterocycles. The van der Waals surface area contributed by atoms with Crippen molar-refractivity contribution in [2.45, 2.75) is 0 Å². The number of rotatable bonds is 6. The van der Waals surface area contributed by atoms with Crippen molar-refractivity contribution in [3.8, 4) is 67.5 Å². The van der Waals surface area contributed by atoms with Crippen LogP contribution in [-0.4, -0.2) is 15.0 Å². The maximum absolute atomic E-state index is 6.64. The quantitative estimate of drug-likeness (QED) is 0.171. The van der Waals surface area contributed by atoms with Gasteiger partial charge in [0.15, 0.2) is 17.5 Å². The Morgan fingerprint density at radius 1 is 0.339 bits per heavy atom. The Hall–Kier alpha value is -7.21. The topological polar surface area (TPSA) is 51.8 Å². The van der Waals surface area contributed by atoms with E-state index in [1.807, 2.05) is 42.5 Å². The first-order chi connectivity index (χ1) is 27.7. The highest BCUT2D eigenvalue weighted by molar-refractivity contribution is 7.26. The molecule has 0 bridgehead atoms. The van der Waals surface area contributed by atoms with Crippen molar-refractivity contribution in [1.82, 2.24) is 15.0 Å². The monoisotopic (exact) mass is 733 g/mol. The van der Waals surface area contributed by atoms with Gasteiger partial charge >= 0.3 is 0 Å². The molecular formula is C51H31N3OS. The van der Waals surface area contributed by atoms with Crippen LogP contribution in [-0.2, 0) is 0 Å². The summed E-state index contributed by atoms with van der Waals surface area (Å²) in [6.07, 6.45) is 0. The second kappa shape index (κ2) is 13.3. The second-order valence-corrected chi connectivity index (χ2v) is 15.0. The van der Waals surface area contributed by atoms with E-state index < -0.39 is 0 Å². The molecule has 0 saturated heterocycles. The Morgan fingerprint density at radius 2 is 0.911 bits per heavy atom. The highest BCUT2D eigenvalue weighted by Crippen LogP contribution is 2.45. The fraction of sp³-hybridized carbons (Fsp3) is 0. The molecule has 4 nitrogen and oxygen atoms in total. The highest BCUT2D eigenvalue weighted by atomic mass is 32.1. The summed E-state index contributed by atoms with van der Waals surface area (Å²) in [4.78, 5) is 15.2. The molecule has 0 radical (unpaired) electrons. The van der Waals surface area contributed by atoms with Gasteiger partial charge in [0.25, 0.3) is 0 Å². The molecule has 56 heavy (non-hydrogen) atoms. The van der Waals surface area contributed by atoms with Crippen molar-refractivity contribution in [3.05, 3.63) is 188 Å². The number of aromatic nitrogens is 3. The molecule has 0 spiro atoms. The van der Waals surface area contributed by atoms with Crippen LogP contribution in [0.3, 0.4) is 0 Å². The van der Waals surface area contributed by atoms with Crippen LogP contribution in [0.25, 0.3) is 110 Å². The molecule has 0 amide bonds. The summed E-state index contributed by atoms with van der Waals surface area (Å²) >= 11 is 1.80. The molecule has 0 saturated carbocycles. The maximum atomic E-state index is 6.64. The summed E-state index contributed by atoms with van der Waals surface area (Å²) in [5.74, 6) is 1.92. The maximum Gasteiger partial charge on any atom is 0.164 e. The summed E-state index contributed by atoms with van der Waals surface area (Å²) in [5, 5.41) is 4.64. The van der Waals surface area contributed by atoms with Gasteiger partial charge in [0, 0.05) is 58.8 Å². The van der Waals surface area contributed by atoms with E-state index in [0.717, 1.165) is 66.4 Å². The van der Waals surface area contributed by atoms with Gasteiger partial charge in [-0.15, -0.1) is 11.3 Å². The van der Waals surface area contributed by atoms with Gasteiger partial charge in [-0.25, -0.2) is 15.0 Å². The fourth-order valence-electron chi connectivity index (χ4n) is 7.79. The van der Waals surface area contributed by atoms with Crippen molar-refractivity contribution >= 4 is 53.4 Å². The number of benzene rings is 8. The molecule has 5 heteroatoms. The van der Waals surface area contributed by atoms with Crippen LogP contribution in [0.4, 0.5) is 0 Å². The Balaban J connectivity index is 1.08. The molecule has 0 atom stereocenters. The molecule has 262 valence electrons. The zero-order valence-electron chi connectivity index (χ0n) is 30.1. The average Bonchev–Trinajstić information content (AvgIpc) is 3.85. The van der Waals surface area contributed by atoms with Crippen molar-refractivity contribution in [3.63, 3.8) is 0 Å². The molecule has 11 aromatic rings. The Labute approximate surface area is 327 Å². The van der Waals surface area contributed by atoms with Gasteiger partial charge < -0.3 is 4.42 Å². The minimum absolute atomic E-state index is 0.637. The van der Waals surface area contributed by atoms with E-state index in [9.17, 15) is 0 Å². The van der Waals surface area contributed by atoms with Gasteiger partial charge in [-0.2, -0.15) is 0 Å². The van der Waals surface area contributed by atoms with Gasteiger partial charge in [-0.05, 0) is 52.6 Å². The van der Waals surface area contributed by atoms with Gasteiger partial charge in [0.1, 0.15) is 11.2 Å². The van der Waals surface area contributed by atoms with Gasteiger partial charge in [0.2, 0.25) is 0 Å². The van der Waals surface area contributed by atoms with E-state index in [1.54, 1.807) is 11.3 Å². The lowest BCUT2D eigenvalue weighted by Gasteiger charge is -2.10. The highest BCUT2D eigenvalue weighted by Gasteiger charge is 2.20. The Morgan fingerprint density at radius 3 is 1.66 bits per heavy atom. The Bertz CT molecular complexity index is 3240. The lowest BCUT2D eigenvalue weighted by atomic mass is 9.95. The smallest absolute Gasteiger partial charge is 0.164 e. The predicted molar refractivity (Wildman–Crippen MR) is 233 cm³/mol. The average molecular weight is 734 g/mol. The van der Waals surface area contributed by atoms with Crippen molar-refractivity contribution in [2.75, 3.05) is 0 Å². The second-order valence-electron chi connectivity index (χ2n) is 14.0. The van der Waals surface area contributed by atoms with Gasteiger partial charge in [-0.3, -0.25) is 0 Å². The van der Waals surface area contributed by atoms with Crippen molar-refractivity contribution in [1.29, 1.82) is 0 Å². The lowest BCUT2D eigenvalue weighted by Crippen LogP contribution is -2.00. The summed E-state index contributed by atoms with van der Waals surface area (Å²) in [5.41, 5.74) is 11.4. The first kappa shape index (κ1) is 32.2. The molecule has 8 aromatic carbocycles. The molecule has 11 rings (SSSR count). The summed E-state index contributed by atoms with van der Waals surface area (Å²) in [6, 6.07) is 65.6. The molecular weight excluding hydrogens is 703 g/mol. The van der Waals surface area contributed by atoms with Crippen LogP contribution < -0.4 is 0 Å². The van der Waals surface area contributed by atoms with Crippen LogP contribution in [0, 0.1) is 0 Å². The van der Waals surface area contributed by atoms with Gasteiger partial charge in [0.05, 0.1) is 0 Å². The van der Waals surface area contributed by atoms with E-state index in [2.05, 4.69) is 146 Å². The number of nitrogens with zero attached hydrogens (tertiary/aromatic N) is 3. The van der Waals surface area contributed by atoms with E-state index >= 15 is 0 Å². The predicted octanol–water partition coefficient (Wildman–Crippen LogP) is 14.1. The molecule has 0 aliphatic heterocycles. The Kier molecular flexibility index (Phi) is 7.64. The van der Waals surface area contributed by atoms with Crippen molar-refractivity contribution in [2.24, 2.45) is 0 Å². The van der Waals surface area contributed by atoms with E-state index in [4.69, 9.17) is 19.4 Å². The van der Waals surface area contributed by atoms with Crippen LogP contribution in [0.15, 0.2) is 192 Å². The molecule has 0 aliphatic rings.